The van der Waals surface area contributed by atoms with E-state index in [1.54, 1.807) is 0 Å². The van der Waals surface area contributed by atoms with Gasteiger partial charge in [0.1, 0.15) is 0 Å². The lowest BCUT2D eigenvalue weighted by molar-refractivity contribution is -0.00000316. The van der Waals surface area contributed by atoms with E-state index in [-0.39, 0.29) is 25.9 Å². The summed E-state index contributed by atoms with van der Waals surface area (Å²) in [5.74, 6) is 0. The largest absolute Gasteiger partial charge is 1.00 e. The molecule has 0 aliphatic heterocycles. The zero-order valence-electron chi connectivity index (χ0n) is 9.25. The number of thiol groups is 1. The molecule has 0 fully saturated rings. The first-order valence-electron chi connectivity index (χ1n) is 4.58. The van der Waals surface area contributed by atoms with Crippen LogP contribution in [0.15, 0.2) is 60.7 Å². The van der Waals surface area contributed by atoms with Crippen molar-refractivity contribution in [2.24, 2.45) is 5.14 Å². The van der Waals surface area contributed by atoms with E-state index < -0.39 is 0 Å². The van der Waals surface area contributed by atoms with Gasteiger partial charge in [-0.15, -0.1) is 12.8 Å². The van der Waals surface area contributed by atoms with Crippen molar-refractivity contribution in [3.05, 3.63) is 60.7 Å². The number of benzene rings is 2. The first-order chi connectivity index (χ1) is 7.45. The van der Waals surface area contributed by atoms with Crippen molar-refractivity contribution < 1.29 is 12.4 Å². The number of halogens is 1. The van der Waals surface area contributed by atoms with Crippen LogP contribution >= 0.6 is 12.8 Å². The zero-order valence-corrected chi connectivity index (χ0v) is 12.1. The van der Waals surface area contributed by atoms with Crippen molar-refractivity contribution in [3.63, 3.8) is 0 Å². The Hall–Kier alpha value is -0.810. The number of rotatable bonds is 2. The van der Waals surface area contributed by atoms with E-state index >= 15 is 0 Å². The Morgan fingerprint density at radius 2 is 1.00 bits per heavy atom. The molecule has 0 bridgehead atoms. The highest BCUT2D eigenvalue weighted by atomic mass is 35.5. The third kappa shape index (κ3) is 7.18. The van der Waals surface area contributed by atoms with Crippen LogP contribution in [0, 0.1) is 0 Å². The number of nitrogens with two attached hydrogens (primary N) is 1. The lowest BCUT2D eigenvalue weighted by atomic mass is 10.3. The summed E-state index contributed by atoms with van der Waals surface area (Å²) in [7, 11) is 0. The number of hydrogen-bond donors (Lipinski definition) is 3. The summed E-state index contributed by atoms with van der Waals surface area (Å²) >= 11 is 3.03. The van der Waals surface area contributed by atoms with Gasteiger partial charge in [-0.1, -0.05) is 49.9 Å². The summed E-state index contributed by atoms with van der Waals surface area (Å²) in [5.41, 5.74) is 2.24. The quantitative estimate of drug-likeness (QED) is 0.511. The van der Waals surface area contributed by atoms with Crippen LogP contribution in [0.5, 0.6) is 0 Å². The Balaban J connectivity index is 0. The molecule has 0 unspecified atom stereocenters. The predicted octanol–water partition coefficient (Wildman–Crippen LogP) is -0.581. The van der Waals surface area contributed by atoms with Gasteiger partial charge < -0.3 is 17.7 Å². The number of para-hydroxylation sites is 2. The molecule has 0 saturated heterocycles. The predicted molar refractivity (Wildman–Crippen MR) is 80.9 cm³/mol. The number of nitrogens with one attached hydrogen (secondary N) is 1. The monoisotopic (exact) mass is 288 g/mol. The van der Waals surface area contributed by atoms with Crippen LogP contribution in [-0.4, -0.2) is 0 Å². The molecule has 0 aliphatic rings. The molecule has 0 heterocycles. The Bertz CT molecular complexity index is 333. The van der Waals surface area contributed by atoms with Crippen LogP contribution in [0.2, 0.25) is 0 Å². The van der Waals surface area contributed by atoms with Gasteiger partial charge in [-0.3, -0.25) is 5.14 Å². The second kappa shape index (κ2) is 11.7. The second-order valence-corrected chi connectivity index (χ2v) is 2.86. The maximum Gasteiger partial charge on any atom is 0.0384 e. The van der Waals surface area contributed by atoms with Gasteiger partial charge in [0.05, 0.1) is 0 Å². The van der Waals surface area contributed by atoms with Crippen LogP contribution < -0.4 is 22.9 Å². The zero-order chi connectivity index (χ0) is 10.9. The van der Waals surface area contributed by atoms with Gasteiger partial charge in [0.15, 0.2) is 0 Å². The van der Waals surface area contributed by atoms with Gasteiger partial charge in [-0.2, -0.15) is 0 Å². The van der Waals surface area contributed by atoms with Crippen LogP contribution in [0.1, 0.15) is 0 Å². The first kappa shape index (κ1) is 18.6. The summed E-state index contributed by atoms with van der Waals surface area (Å²) in [6.07, 6.45) is 0. The Kier molecular flexibility index (Phi) is 12.7. The van der Waals surface area contributed by atoms with Crippen molar-refractivity contribution in [1.82, 2.24) is 0 Å². The van der Waals surface area contributed by atoms with Gasteiger partial charge in [-0.05, 0) is 24.3 Å². The van der Waals surface area contributed by atoms with Crippen LogP contribution in [0.25, 0.3) is 0 Å². The van der Waals surface area contributed by atoms with Crippen molar-refractivity contribution >= 4 is 37.7 Å². The van der Waals surface area contributed by atoms with Crippen LogP contribution in [0.3, 0.4) is 0 Å². The smallest absolute Gasteiger partial charge is 0.0384 e. The van der Waals surface area contributed by atoms with Crippen molar-refractivity contribution in [3.8, 4) is 0 Å². The minimum absolute atomic E-state index is 0. The fourth-order valence-electron chi connectivity index (χ4n) is 1.21. The molecule has 2 rings (SSSR count). The third-order valence-electron chi connectivity index (χ3n) is 1.84. The molecule has 0 aromatic heterocycles. The summed E-state index contributed by atoms with van der Waals surface area (Å²) < 4.78 is 0. The maximum atomic E-state index is 4.19. The van der Waals surface area contributed by atoms with Crippen molar-refractivity contribution in [2.75, 3.05) is 5.32 Å². The van der Waals surface area contributed by atoms with Crippen molar-refractivity contribution in [1.29, 1.82) is 0 Å². The molecule has 0 spiro atoms. The number of hydrogen-bond acceptors (Lipinski definition) is 3. The SMILES string of the molecule is NS.[Cl-].[SH3+].c1ccc(Nc2ccccc2)cc1. The minimum atomic E-state index is 0. The van der Waals surface area contributed by atoms with Gasteiger partial charge in [0.2, 0.25) is 0 Å². The highest BCUT2D eigenvalue weighted by molar-refractivity contribution is 7.77. The van der Waals surface area contributed by atoms with E-state index in [0.717, 1.165) is 11.4 Å². The summed E-state index contributed by atoms with van der Waals surface area (Å²) in [6.45, 7) is 0. The fraction of sp³-hybridized carbons (Fsp3) is 0. The van der Waals surface area contributed by atoms with Crippen LogP contribution in [0.4, 0.5) is 11.4 Å². The van der Waals surface area contributed by atoms with Crippen LogP contribution in [-0.2, 0) is 13.5 Å². The molecule has 2 aromatic carbocycles. The molecule has 2 aromatic rings. The molecule has 3 N–H and O–H groups in total. The van der Waals surface area contributed by atoms with E-state index in [4.69, 9.17) is 0 Å². The molecular formula is C12H17ClN2S2. The Morgan fingerprint density at radius 3 is 1.29 bits per heavy atom. The molecule has 0 saturated carbocycles. The van der Waals surface area contributed by atoms with Crippen molar-refractivity contribution in [2.45, 2.75) is 0 Å². The Morgan fingerprint density at radius 1 is 0.706 bits per heavy atom. The van der Waals surface area contributed by atoms with E-state index in [9.17, 15) is 0 Å². The summed E-state index contributed by atoms with van der Waals surface area (Å²) in [6, 6.07) is 20.3. The lowest BCUT2D eigenvalue weighted by Gasteiger charge is -2.04. The molecule has 0 atom stereocenters. The molecule has 0 radical (unpaired) electrons. The topological polar surface area (TPSA) is 38.0 Å². The molecule has 0 amide bonds. The average molecular weight is 289 g/mol. The Labute approximate surface area is 121 Å². The summed E-state index contributed by atoms with van der Waals surface area (Å²) in [4.78, 5) is 0. The molecular weight excluding hydrogens is 272 g/mol. The lowest BCUT2D eigenvalue weighted by Crippen LogP contribution is -3.00. The maximum absolute atomic E-state index is 4.19. The molecule has 5 heteroatoms. The first-order valence-corrected chi connectivity index (χ1v) is 5.10. The third-order valence-corrected chi connectivity index (χ3v) is 1.84. The molecule has 94 valence electrons. The second-order valence-electron chi connectivity index (χ2n) is 2.86. The number of anilines is 2. The minimum Gasteiger partial charge on any atom is -1.00 e. The summed E-state index contributed by atoms with van der Waals surface area (Å²) in [5, 5.41) is 7.50. The highest BCUT2D eigenvalue weighted by Crippen LogP contribution is 2.14. The van der Waals surface area contributed by atoms with Gasteiger partial charge in [0.25, 0.3) is 0 Å². The molecule has 17 heavy (non-hydrogen) atoms. The normalized spacial score (nSPS) is 7.65. The van der Waals surface area contributed by atoms with E-state index in [1.165, 1.54) is 0 Å². The fourth-order valence-corrected chi connectivity index (χ4v) is 1.21. The standard InChI is InChI=1S/C12H11N.ClH.H3NS.H2S/c1-3-7-11(8-4-1)13-12-9-5-2-6-10-12;;1-2;/h1-10,13H;1H;2H,1H2;1H2. The molecule has 0 aliphatic carbocycles. The average Bonchev–Trinajstić information content (AvgIpc) is 2.34. The van der Waals surface area contributed by atoms with Gasteiger partial charge >= 0.3 is 0 Å². The van der Waals surface area contributed by atoms with E-state index in [2.05, 4.69) is 23.3 Å². The van der Waals surface area contributed by atoms with E-state index in [1.807, 2.05) is 60.7 Å². The van der Waals surface area contributed by atoms with E-state index in [0.29, 0.717) is 0 Å². The van der Waals surface area contributed by atoms with Gasteiger partial charge in [-0.25, -0.2) is 0 Å². The van der Waals surface area contributed by atoms with Gasteiger partial charge in [0, 0.05) is 11.4 Å². The molecule has 2 nitrogen and oxygen atoms in total. The highest BCUT2D eigenvalue weighted by Gasteiger charge is 1.89.